The highest BCUT2D eigenvalue weighted by atomic mass is 19.4. The zero-order chi connectivity index (χ0) is 14.6. The van der Waals surface area contributed by atoms with Gasteiger partial charge in [-0.1, -0.05) is 6.07 Å². The summed E-state index contributed by atoms with van der Waals surface area (Å²) in [6, 6.07) is 2.29. The molecule has 0 radical (unpaired) electrons. The van der Waals surface area contributed by atoms with Gasteiger partial charge in [0.05, 0.1) is 6.61 Å². The van der Waals surface area contributed by atoms with Crippen molar-refractivity contribution in [2.24, 2.45) is 0 Å². The second-order valence-corrected chi connectivity index (χ2v) is 5.02. The van der Waals surface area contributed by atoms with Gasteiger partial charge in [-0.3, -0.25) is 0 Å². The fourth-order valence-corrected chi connectivity index (χ4v) is 2.31. The fourth-order valence-electron chi connectivity index (χ4n) is 2.31. The van der Waals surface area contributed by atoms with Crippen LogP contribution in [0, 0.1) is 5.82 Å². The van der Waals surface area contributed by atoms with Crippen LogP contribution < -0.4 is 10.2 Å². The lowest BCUT2D eigenvalue weighted by Gasteiger charge is -2.17. The van der Waals surface area contributed by atoms with Crippen molar-refractivity contribution in [1.82, 2.24) is 4.90 Å². The lowest BCUT2D eigenvalue weighted by Crippen LogP contribution is -2.34. The van der Waals surface area contributed by atoms with E-state index < -0.39 is 18.3 Å². The molecule has 0 aliphatic carbocycles. The van der Waals surface area contributed by atoms with Crippen molar-refractivity contribution >= 4 is 12.4 Å². The third kappa shape index (κ3) is 4.13. The molecule has 1 aromatic carbocycles. The van der Waals surface area contributed by atoms with Gasteiger partial charge in [-0.15, -0.1) is 5.46 Å². The maximum absolute atomic E-state index is 13.4. The van der Waals surface area contributed by atoms with E-state index in [1.54, 1.807) is 0 Å². The summed E-state index contributed by atoms with van der Waals surface area (Å²) in [5.41, 5.74) is -0.832. The Balaban J connectivity index is 1.85. The summed E-state index contributed by atoms with van der Waals surface area (Å²) in [4.78, 5) is 2.27. The second kappa shape index (κ2) is 6.48. The van der Waals surface area contributed by atoms with Gasteiger partial charge >= 0.3 is 6.98 Å². The number of ether oxygens (including phenoxy) is 1. The minimum Gasteiger partial charge on any atom is -0.491 e. The monoisotopic (exact) mass is 290 g/mol. The van der Waals surface area contributed by atoms with Gasteiger partial charge in [-0.05, 0) is 44.5 Å². The minimum atomic E-state index is -5.13. The Bertz CT molecular complexity index is 446. The van der Waals surface area contributed by atoms with Gasteiger partial charge in [0, 0.05) is 6.54 Å². The highest BCUT2D eigenvalue weighted by molar-refractivity contribution is 6.73. The van der Waals surface area contributed by atoms with Crippen LogP contribution in [-0.2, 0) is 0 Å². The van der Waals surface area contributed by atoms with Crippen LogP contribution in [0.4, 0.5) is 17.3 Å². The highest BCUT2D eigenvalue weighted by Crippen LogP contribution is 2.19. The molecule has 1 fully saturated rings. The molecule has 1 saturated heterocycles. The normalized spacial score (nSPS) is 16.6. The van der Waals surface area contributed by atoms with E-state index in [0.717, 1.165) is 37.8 Å². The second-order valence-electron chi connectivity index (χ2n) is 5.02. The van der Waals surface area contributed by atoms with E-state index >= 15 is 0 Å². The van der Waals surface area contributed by atoms with Crippen LogP contribution in [-0.4, -0.2) is 38.1 Å². The lowest BCUT2D eigenvalue weighted by molar-refractivity contribution is 0.256. The summed E-state index contributed by atoms with van der Waals surface area (Å²) in [5, 5.41) is 0. The van der Waals surface area contributed by atoms with Crippen LogP contribution in [0.25, 0.3) is 0 Å². The molecule has 112 valence electrons. The lowest BCUT2D eigenvalue weighted by atomic mass is 9.80. The number of hydrogen-bond donors (Lipinski definition) is 0. The molecule has 0 spiro atoms. The largest absolute Gasteiger partial charge is 0.509 e. The number of likely N-dealkylation sites (tertiary alicyclic amines) is 1. The van der Waals surface area contributed by atoms with Crippen molar-refractivity contribution in [3.8, 4) is 5.75 Å². The molecule has 0 N–H and O–H groups in total. The molecule has 1 aliphatic heterocycles. The summed E-state index contributed by atoms with van der Waals surface area (Å²) in [6.07, 6.45) is 3.05. The van der Waals surface area contributed by atoms with Gasteiger partial charge in [0.25, 0.3) is 0 Å². The van der Waals surface area contributed by atoms with Crippen molar-refractivity contribution < 1.29 is 22.1 Å². The average Bonchev–Trinajstić information content (AvgIpc) is 2.88. The number of benzene rings is 1. The first-order chi connectivity index (χ1) is 9.47. The zero-order valence-electron chi connectivity index (χ0n) is 11.1. The molecule has 20 heavy (non-hydrogen) atoms. The van der Waals surface area contributed by atoms with Crippen LogP contribution in [0.5, 0.6) is 5.75 Å². The Morgan fingerprint density at radius 1 is 1.15 bits per heavy atom. The third-order valence-electron chi connectivity index (χ3n) is 3.41. The molecule has 0 aromatic heterocycles. The van der Waals surface area contributed by atoms with Gasteiger partial charge in [-0.25, -0.2) is 4.39 Å². The summed E-state index contributed by atoms with van der Waals surface area (Å²) in [7, 11) is 0. The van der Waals surface area contributed by atoms with Crippen LogP contribution in [0.2, 0.25) is 0 Å². The Morgan fingerprint density at radius 2 is 1.85 bits per heavy atom. The van der Waals surface area contributed by atoms with E-state index in [-0.39, 0.29) is 12.4 Å². The van der Waals surface area contributed by atoms with E-state index in [0.29, 0.717) is 6.42 Å². The van der Waals surface area contributed by atoms with Crippen molar-refractivity contribution in [3.05, 3.63) is 24.0 Å². The summed E-state index contributed by atoms with van der Waals surface area (Å²) in [6.45, 7) is -1.95. The molecule has 2 nitrogen and oxygen atoms in total. The van der Waals surface area contributed by atoms with Crippen LogP contribution >= 0.6 is 0 Å². The van der Waals surface area contributed by atoms with Gasteiger partial charge in [0.2, 0.25) is 0 Å². The Kier molecular flexibility index (Phi) is 4.91. The minimum absolute atomic E-state index is 0.224. The number of nitrogens with zero attached hydrogens (tertiary/aromatic N) is 1. The van der Waals surface area contributed by atoms with Crippen LogP contribution in [0.15, 0.2) is 18.2 Å². The Morgan fingerprint density at radius 3 is 2.50 bits per heavy atom. The van der Waals surface area contributed by atoms with Crippen molar-refractivity contribution in [2.75, 3.05) is 26.2 Å². The fraction of sp³-hybridized carbons (Fsp3) is 0.538. The summed E-state index contributed by atoms with van der Waals surface area (Å²) >= 11 is 0. The number of hydrogen-bond acceptors (Lipinski definition) is 2. The standard InChI is InChI=1S/C13H17BF4NO/c15-12-5-4-11(14(16,17)18)10-13(12)20-9-3-8-19-6-1-2-7-19/h4-5,10H,1-3,6-9H2/q-1. The van der Waals surface area contributed by atoms with E-state index in [9.17, 15) is 17.3 Å². The first-order valence-electron chi connectivity index (χ1n) is 6.81. The Labute approximate surface area is 115 Å². The molecule has 0 unspecified atom stereocenters. The zero-order valence-corrected chi connectivity index (χ0v) is 11.1. The van der Waals surface area contributed by atoms with E-state index in [1.165, 1.54) is 12.8 Å². The van der Waals surface area contributed by atoms with Crippen molar-refractivity contribution in [3.63, 3.8) is 0 Å². The third-order valence-corrected chi connectivity index (χ3v) is 3.41. The molecule has 0 saturated carbocycles. The predicted molar refractivity (Wildman–Crippen MR) is 70.9 cm³/mol. The molecule has 0 atom stereocenters. The SMILES string of the molecule is Fc1ccc([B-](F)(F)F)cc1OCCCN1CCCC1. The van der Waals surface area contributed by atoms with Gasteiger partial charge < -0.3 is 22.6 Å². The van der Waals surface area contributed by atoms with Crippen molar-refractivity contribution in [1.29, 1.82) is 0 Å². The van der Waals surface area contributed by atoms with Crippen LogP contribution in [0.1, 0.15) is 19.3 Å². The molecule has 7 heteroatoms. The van der Waals surface area contributed by atoms with Gasteiger partial charge in [-0.2, -0.15) is 0 Å². The summed E-state index contributed by atoms with van der Waals surface area (Å²) < 4.78 is 56.2. The molecule has 2 rings (SSSR count). The Hall–Kier alpha value is -1.24. The molecular weight excluding hydrogens is 273 g/mol. The van der Waals surface area contributed by atoms with E-state index in [1.807, 2.05) is 0 Å². The van der Waals surface area contributed by atoms with Gasteiger partial charge in [0.15, 0.2) is 11.6 Å². The average molecular weight is 290 g/mol. The summed E-state index contributed by atoms with van der Waals surface area (Å²) in [5.74, 6) is -1.07. The number of rotatable bonds is 6. The molecule has 0 bridgehead atoms. The van der Waals surface area contributed by atoms with Crippen LogP contribution in [0.3, 0.4) is 0 Å². The molecular formula is C13H17BF4NO-. The van der Waals surface area contributed by atoms with Crippen molar-refractivity contribution in [2.45, 2.75) is 19.3 Å². The molecule has 0 amide bonds. The maximum Gasteiger partial charge on any atom is 0.509 e. The first-order valence-corrected chi connectivity index (χ1v) is 6.81. The smallest absolute Gasteiger partial charge is 0.491 e. The highest BCUT2D eigenvalue weighted by Gasteiger charge is 2.26. The molecule has 1 heterocycles. The maximum atomic E-state index is 13.4. The quantitative estimate of drug-likeness (QED) is 0.454. The molecule has 1 aliphatic rings. The topological polar surface area (TPSA) is 12.5 Å². The van der Waals surface area contributed by atoms with E-state index in [2.05, 4.69) is 4.90 Å². The first kappa shape index (κ1) is 15.2. The predicted octanol–water partition coefficient (Wildman–Crippen LogP) is 2.74. The molecule has 1 aromatic rings. The number of halogens is 4. The van der Waals surface area contributed by atoms with E-state index in [4.69, 9.17) is 4.74 Å². The van der Waals surface area contributed by atoms with Gasteiger partial charge in [0.1, 0.15) is 0 Å².